The number of thiophene rings is 1. The molecule has 0 amide bonds. The van der Waals surface area contributed by atoms with Gasteiger partial charge in [-0.15, -0.1) is 11.3 Å². The second kappa shape index (κ2) is 8.87. The molecule has 0 bridgehead atoms. The fourth-order valence-electron chi connectivity index (χ4n) is 3.93. The molecule has 0 saturated carbocycles. The normalized spacial score (nSPS) is 23.4. The third-order valence-electron chi connectivity index (χ3n) is 5.24. The first-order chi connectivity index (χ1) is 13.3. The van der Waals surface area contributed by atoms with Crippen molar-refractivity contribution in [3.05, 3.63) is 58.3 Å². The molecule has 0 spiro atoms. The quantitative estimate of drug-likeness (QED) is 0.636. The molecule has 2 fully saturated rings. The van der Waals surface area contributed by atoms with Gasteiger partial charge >= 0.3 is 0 Å². The number of benzene rings is 1. The molecule has 2 aliphatic heterocycles. The Morgan fingerprint density at radius 3 is 2.89 bits per heavy atom. The van der Waals surface area contributed by atoms with Gasteiger partial charge in [0.25, 0.3) is 0 Å². The highest BCUT2D eigenvalue weighted by atomic mass is 32.1. The summed E-state index contributed by atoms with van der Waals surface area (Å²) in [5.74, 6) is 1.00. The van der Waals surface area contributed by atoms with E-state index in [9.17, 15) is 0 Å². The van der Waals surface area contributed by atoms with Crippen LogP contribution in [0.15, 0.2) is 52.8 Å². The van der Waals surface area contributed by atoms with Crippen molar-refractivity contribution >= 4 is 17.3 Å². The molecule has 4 rings (SSSR count). The Balaban J connectivity index is 1.44. The molecular formula is C21H28N4OS. The molecular weight excluding hydrogens is 356 g/mol. The Labute approximate surface area is 165 Å². The second-order valence-corrected chi connectivity index (χ2v) is 8.12. The summed E-state index contributed by atoms with van der Waals surface area (Å²) in [6.45, 7) is 8.41. The number of nitrogens with zero attached hydrogens (tertiary/aromatic N) is 3. The molecule has 1 aromatic heterocycles. The maximum absolute atomic E-state index is 6.11. The molecule has 3 heterocycles. The van der Waals surface area contributed by atoms with Crippen LogP contribution in [0.1, 0.15) is 17.4 Å². The monoisotopic (exact) mass is 384 g/mol. The second-order valence-electron chi connectivity index (χ2n) is 7.09. The fraction of sp³-hybridized carbons (Fsp3) is 0.476. The zero-order chi connectivity index (χ0) is 18.5. The zero-order valence-electron chi connectivity index (χ0n) is 15.9. The van der Waals surface area contributed by atoms with Crippen LogP contribution >= 0.6 is 11.3 Å². The van der Waals surface area contributed by atoms with E-state index in [1.807, 2.05) is 0 Å². The van der Waals surface area contributed by atoms with Crippen LogP contribution in [-0.2, 0) is 17.8 Å². The molecule has 2 atom stereocenters. The van der Waals surface area contributed by atoms with Crippen molar-refractivity contribution in [2.45, 2.75) is 32.2 Å². The lowest BCUT2D eigenvalue weighted by Gasteiger charge is -2.36. The average molecular weight is 385 g/mol. The number of morpholine rings is 1. The van der Waals surface area contributed by atoms with Gasteiger partial charge in [0.2, 0.25) is 0 Å². The number of hydrogen-bond donors (Lipinski definition) is 1. The van der Waals surface area contributed by atoms with Crippen molar-refractivity contribution in [1.29, 1.82) is 0 Å². The highest BCUT2D eigenvalue weighted by molar-refractivity contribution is 7.09. The zero-order valence-corrected chi connectivity index (χ0v) is 16.7. The van der Waals surface area contributed by atoms with Gasteiger partial charge in [-0.25, -0.2) is 4.99 Å². The van der Waals surface area contributed by atoms with Gasteiger partial charge in [-0.05, 0) is 23.9 Å². The highest BCUT2D eigenvalue weighted by Crippen LogP contribution is 2.25. The Morgan fingerprint density at radius 2 is 2.11 bits per heavy atom. The molecule has 144 valence electrons. The van der Waals surface area contributed by atoms with E-state index in [4.69, 9.17) is 9.73 Å². The van der Waals surface area contributed by atoms with Gasteiger partial charge in [-0.2, -0.15) is 0 Å². The van der Waals surface area contributed by atoms with Gasteiger partial charge in [0.05, 0.1) is 25.3 Å². The van der Waals surface area contributed by atoms with Crippen LogP contribution in [0.4, 0.5) is 0 Å². The molecule has 5 nitrogen and oxygen atoms in total. The van der Waals surface area contributed by atoms with Crippen molar-refractivity contribution < 1.29 is 4.74 Å². The minimum Gasteiger partial charge on any atom is -0.373 e. The third-order valence-corrected chi connectivity index (χ3v) is 6.11. The van der Waals surface area contributed by atoms with Gasteiger partial charge in [0, 0.05) is 37.6 Å². The molecule has 1 aromatic carbocycles. The van der Waals surface area contributed by atoms with Crippen LogP contribution in [0.3, 0.4) is 0 Å². The van der Waals surface area contributed by atoms with E-state index >= 15 is 0 Å². The van der Waals surface area contributed by atoms with Crippen LogP contribution in [0, 0.1) is 0 Å². The van der Waals surface area contributed by atoms with E-state index in [0.29, 0.717) is 6.04 Å². The van der Waals surface area contributed by atoms with Crippen molar-refractivity contribution in [1.82, 2.24) is 15.1 Å². The van der Waals surface area contributed by atoms with Gasteiger partial charge in [-0.3, -0.25) is 4.90 Å². The summed E-state index contributed by atoms with van der Waals surface area (Å²) < 4.78 is 6.11. The summed E-state index contributed by atoms with van der Waals surface area (Å²) >= 11 is 1.76. The van der Waals surface area contributed by atoms with E-state index in [2.05, 4.69) is 69.9 Å². The van der Waals surface area contributed by atoms with Crippen molar-refractivity contribution in [3.63, 3.8) is 0 Å². The molecule has 2 aromatic rings. The standard InChI is InChI=1S/C21H28N4OS/c1-2-22-21(23-13-18-9-6-12-27-18)25-15-19-20(16-25)26-11-10-24(19)14-17-7-4-3-5-8-17/h3-9,12,19-20H,2,10-11,13-16H2,1H3,(H,22,23). The predicted octanol–water partition coefficient (Wildman–Crippen LogP) is 2.80. The smallest absolute Gasteiger partial charge is 0.194 e. The molecule has 1 N–H and O–H groups in total. The lowest BCUT2D eigenvalue weighted by atomic mass is 10.1. The molecule has 27 heavy (non-hydrogen) atoms. The molecule has 6 heteroatoms. The summed E-state index contributed by atoms with van der Waals surface area (Å²) in [7, 11) is 0. The highest BCUT2D eigenvalue weighted by Gasteiger charge is 2.41. The van der Waals surface area contributed by atoms with Crippen LogP contribution in [0.2, 0.25) is 0 Å². The van der Waals surface area contributed by atoms with E-state index in [1.165, 1.54) is 10.4 Å². The number of nitrogens with one attached hydrogen (secondary N) is 1. The largest absolute Gasteiger partial charge is 0.373 e. The van der Waals surface area contributed by atoms with Gasteiger partial charge in [0.15, 0.2) is 5.96 Å². The topological polar surface area (TPSA) is 40.1 Å². The Bertz CT molecular complexity index is 734. The number of guanidine groups is 1. The van der Waals surface area contributed by atoms with E-state index in [-0.39, 0.29) is 6.10 Å². The summed E-state index contributed by atoms with van der Waals surface area (Å²) in [4.78, 5) is 11.1. The molecule has 2 unspecified atom stereocenters. The summed E-state index contributed by atoms with van der Waals surface area (Å²) in [6, 6.07) is 15.4. The summed E-state index contributed by atoms with van der Waals surface area (Å²) in [6.07, 6.45) is 0.257. The number of aliphatic imine (C=N–C) groups is 1. The number of ether oxygens (including phenoxy) is 1. The van der Waals surface area contributed by atoms with Gasteiger partial charge < -0.3 is 15.0 Å². The van der Waals surface area contributed by atoms with Crippen molar-refractivity contribution in [2.75, 3.05) is 32.8 Å². The predicted molar refractivity (Wildman–Crippen MR) is 111 cm³/mol. The molecule has 2 saturated heterocycles. The first kappa shape index (κ1) is 18.5. The Kier molecular flexibility index (Phi) is 6.07. The average Bonchev–Trinajstić information content (AvgIpc) is 3.36. The van der Waals surface area contributed by atoms with Crippen LogP contribution < -0.4 is 5.32 Å². The molecule has 0 aliphatic carbocycles. The third kappa shape index (κ3) is 4.51. The summed E-state index contributed by atoms with van der Waals surface area (Å²) in [5, 5.41) is 5.58. The fourth-order valence-corrected chi connectivity index (χ4v) is 4.55. The lowest BCUT2D eigenvalue weighted by Crippen LogP contribution is -2.50. The number of rotatable bonds is 5. The lowest BCUT2D eigenvalue weighted by molar-refractivity contribution is -0.0502. The Morgan fingerprint density at radius 1 is 1.22 bits per heavy atom. The first-order valence-electron chi connectivity index (χ1n) is 9.78. The van der Waals surface area contributed by atoms with Crippen LogP contribution in [0.5, 0.6) is 0 Å². The summed E-state index contributed by atoms with van der Waals surface area (Å²) in [5.41, 5.74) is 1.37. The van der Waals surface area contributed by atoms with E-state index < -0.39 is 0 Å². The van der Waals surface area contributed by atoms with Crippen molar-refractivity contribution in [2.24, 2.45) is 4.99 Å². The van der Waals surface area contributed by atoms with Crippen molar-refractivity contribution in [3.8, 4) is 0 Å². The minimum atomic E-state index is 0.257. The van der Waals surface area contributed by atoms with Gasteiger partial charge in [0.1, 0.15) is 0 Å². The number of likely N-dealkylation sites (tertiary alicyclic amines) is 1. The number of fused-ring (bicyclic) bond motifs is 1. The SMILES string of the molecule is CCNC(=NCc1cccs1)N1CC2OCCN(Cc3ccccc3)C2C1. The number of hydrogen-bond acceptors (Lipinski definition) is 4. The molecule has 0 radical (unpaired) electrons. The molecule has 2 aliphatic rings. The van der Waals surface area contributed by atoms with Gasteiger partial charge in [-0.1, -0.05) is 36.4 Å². The first-order valence-corrected chi connectivity index (χ1v) is 10.7. The maximum atomic E-state index is 6.11. The Hall–Kier alpha value is -1.89. The van der Waals surface area contributed by atoms with E-state index in [0.717, 1.165) is 51.8 Å². The van der Waals surface area contributed by atoms with Crippen LogP contribution in [0.25, 0.3) is 0 Å². The maximum Gasteiger partial charge on any atom is 0.194 e. The van der Waals surface area contributed by atoms with Crippen LogP contribution in [-0.4, -0.2) is 60.7 Å². The van der Waals surface area contributed by atoms with E-state index in [1.54, 1.807) is 11.3 Å². The minimum absolute atomic E-state index is 0.257.